The lowest BCUT2D eigenvalue weighted by atomic mass is 9.97. The van der Waals surface area contributed by atoms with Crippen LogP contribution in [-0.2, 0) is 6.42 Å². The topological polar surface area (TPSA) is 44.4 Å². The molecule has 0 spiro atoms. The van der Waals surface area contributed by atoms with Crippen LogP contribution in [0.4, 0.5) is 5.69 Å². The number of nitrogens with zero attached hydrogens (tertiary/aromatic N) is 1. The molecule has 0 atom stereocenters. The number of amides is 1. The quantitative estimate of drug-likeness (QED) is 0.881. The van der Waals surface area contributed by atoms with Crippen LogP contribution < -0.4 is 10.6 Å². The van der Waals surface area contributed by atoms with Gasteiger partial charge >= 0.3 is 0 Å². The van der Waals surface area contributed by atoms with E-state index in [0.717, 1.165) is 43.7 Å². The largest absolute Gasteiger partial charge is 0.385 e. The molecule has 4 nitrogen and oxygen atoms in total. The molecule has 0 radical (unpaired) electrons. The highest BCUT2D eigenvalue weighted by Crippen LogP contribution is 2.25. The number of carbonyl (C=O) groups excluding carboxylic acids is 1. The maximum absolute atomic E-state index is 12.3. The Kier molecular flexibility index (Phi) is 8.01. The number of carbonyl (C=O) groups is 1. The molecule has 2 heterocycles. The summed E-state index contributed by atoms with van der Waals surface area (Å²) in [5, 5.41) is 6.44. The van der Waals surface area contributed by atoms with E-state index in [1.54, 1.807) is 0 Å². The fraction of sp³-hybridized carbons (Fsp3) is 0.562. The lowest BCUT2D eigenvalue weighted by molar-refractivity contribution is 0.0949. The van der Waals surface area contributed by atoms with Gasteiger partial charge in [-0.15, -0.1) is 24.8 Å². The zero-order chi connectivity index (χ0) is 13.8. The Morgan fingerprint density at radius 1 is 1.18 bits per heavy atom. The number of benzene rings is 1. The number of rotatable bonds is 4. The van der Waals surface area contributed by atoms with Gasteiger partial charge in [0, 0.05) is 30.9 Å². The predicted molar refractivity (Wildman–Crippen MR) is 95.8 cm³/mol. The summed E-state index contributed by atoms with van der Waals surface area (Å²) in [5.74, 6) is 0.0738. The molecule has 124 valence electrons. The molecule has 0 aromatic heterocycles. The van der Waals surface area contributed by atoms with E-state index in [9.17, 15) is 4.79 Å². The van der Waals surface area contributed by atoms with Crippen LogP contribution in [-0.4, -0.2) is 43.5 Å². The smallest absolute Gasteiger partial charge is 0.251 e. The first kappa shape index (κ1) is 19.1. The van der Waals surface area contributed by atoms with Gasteiger partial charge in [0.2, 0.25) is 0 Å². The SMILES string of the molecule is Cl.Cl.O=C(NCCN1CCCC1)c1cccc2c1CCCN2. The summed E-state index contributed by atoms with van der Waals surface area (Å²) in [6.45, 7) is 5.09. The van der Waals surface area contributed by atoms with Crippen molar-refractivity contribution >= 4 is 36.4 Å². The van der Waals surface area contributed by atoms with Gasteiger partial charge in [-0.2, -0.15) is 0 Å². The van der Waals surface area contributed by atoms with Crippen LogP contribution in [0.15, 0.2) is 18.2 Å². The van der Waals surface area contributed by atoms with Crippen molar-refractivity contribution in [3.8, 4) is 0 Å². The van der Waals surface area contributed by atoms with Gasteiger partial charge in [0.15, 0.2) is 0 Å². The molecule has 22 heavy (non-hydrogen) atoms. The van der Waals surface area contributed by atoms with Crippen LogP contribution >= 0.6 is 24.8 Å². The Bertz CT molecular complexity index is 490. The average Bonchev–Trinajstić information content (AvgIpc) is 3.00. The highest BCUT2D eigenvalue weighted by atomic mass is 35.5. The minimum Gasteiger partial charge on any atom is -0.385 e. The lowest BCUT2D eigenvalue weighted by Crippen LogP contribution is -2.34. The van der Waals surface area contributed by atoms with Crippen molar-refractivity contribution in [2.24, 2.45) is 0 Å². The summed E-state index contributed by atoms with van der Waals surface area (Å²) in [6, 6.07) is 5.97. The maximum Gasteiger partial charge on any atom is 0.251 e. The molecule has 0 saturated carbocycles. The number of nitrogens with one attached hydrogen (secondary N) is 2. The van der Waals surface area contributed by atoms with Gasteiger partial charge in [-0.1, -0.05) is 6.07 Å². The fourth-order valence-electron chi connectivity index (χ4n) is 3.15. The number of fused-ring (bicyclic) bond motifs is 1. The highest BCUT2D eigenvalue weighted by Gasteiger charge is 2.17. The summed E-state index contributed by atoms with van der Waals surface area (Å²) < 4.78 is 0. The van der Waals surface area contributed by atoms with Crippen LogP contribution in [0.1, 0.15) is 35.2 Å². The molecule has 2 N–H and O–H groups in total. The van der Waals surface area contributed by atoms with Crippen molar-refractivity contribution < 1.29 is 4.79 Å². The molecule has 0 unspecified atom stereocenters. The summed E-state index contributed by atoms with van der Waals surface area (Å²) >= 11 is 0. The van der Waals surface area contributed by atoms with Crippen molar-refractivity contribution in [3.63, 3.8) is 0 Å². The molecule has 1 saturated heterocycles. The number of halogens is 2. The Morgan fingerprint density at radius 3 is 2.73 bits per heavy atom. The van der Waals surface area contributed by atoms with E-state index in [0.29, 0.717) is 0 Å². The molecule has 3 rings (SSSR count). The number of likely N-dealkylation sites (tertiary alicyclic amines) is 1. The minimum absolute atomic E-state index is 0. The Balaban J connectivity index is 0.00000121. The molecule has 2 aliphatic rings. The van der Waals surface area contributed by atoms with Gasteiger partial charge in [0.1, 0.15) is 0 Å². The van der Waals surface area contributed by atoms with Crippen LogP contribution in [0, 0.1) is 0 Å². The van der Waals surface area contributed by atoms with E-state index in [1.165, 1.54) is 31.5 Å². The second kappa shape index (κ2) is 9.23. The fourth-order valence-corrected chi connectivity index (χ4v) is 3.15. The van der Waals surface area contributed by atoms with Crippen LogP contribution in [0.5, 0.6) is 0 Å². The Labute approximate surface area is 144 Å². The van der Waals surface area contributed by atoms with Gasteiger partial charge in [-0.3, -0.25) is 4.79 Å². The van der Waals surface area contributed by atoms with Gasteiger partial charge in [-0.25, -0.2) is 0 Å². The van der Waals surface area contributed by atoms with E-state index in [-0.39, 0.29) is 30.7 Å². The van der Waals surface area contributed by atoms with Crippen molar-refractivity contribution in [2.75, 3.05) is 38.0 Å². The Hall–Kier alpha value is -0.970. The van der Waals surface area contributed by atoms with E-state index < -0.39 is 0 Å². The van der Waals surface area contributed by atoms with Crippen LogP contribution in [0.25, 0.3) is 0 Å². The first-order chi connectivity index (χ1) is 9.84. The number of anilines is 1. The summed E-state index contributed by atoms with van der Waals surface area (Å²) in [7, 11) is 0. The molecular formula is C16H25Cl2N3O. The zero-order valence-electron chi connectivity index (χ0n) is 12.8. The van der Waals surface area contributed by atoms with Gasteiger partial charge < -0.3 is 15.5 Å². The molecule has 1 aromatic rings. The number of hydrogen-bond acceptors (Lipinski definition) is 3. The first-order valence-corrected chi connectivity index (χ1v) is 7.71. The molecule has 1 fully saturated rings. The van der Waals surface area contributed by atoms with E-state index in [1.807, 2.05) is 12.1 Å². The molecule has 0 bridgehead atoms. The third kappa shape index (κ3) is 4.51. The monoisotopic (exact) mass is 345 g/mol. The third-order valence-electron chi connectivity index (χ3n) is 4.25. The average molecular weight is 346 g/mol. The molecule has 0 aliphatic carbocycles. The minimum atomic E-state index is 0. The zero-order valence-corrected chi connectivity index (χ0v) is 14.4. The first-order valence-electron chi connectivity index (χ1n) is 7.71. The molecule has 1 aromatic carbocycles. The number of hydrogen-bond donors (Lipinski definition) is 2. The van der Waals surface area contributed by atoms with Gasteiger partial charge in [0.25, 0.3) is 5.91 Å². The Morgan fingerprint density at radius 2 is 1.95 bits per heavy atom. The molecular weight excluding hydrogens is 321 g/mol. The van der Waals surface area contributed by atoms with E-state index in [2.05, 4.69) is 21.6 Å². The van der Waals surface area contributed by atoms with Crippen molar-refractivity contribution in [3.05, 3.63) is 29.3 Å². The molecule has 2 aliphatic heterocycles. The van der Waals surface area contributed by atoms with E-state index >= 15 is 0 Å². The highest BCUT2D eigenvalue weighted by molar-refractivity contribution is 5.97. The van der Waals surface area contributed by atoms with Crippen molar-refractivity contribution in [1.82, 2.24) is 10.2 Å². The molecule has 1 amide bonds. The second-order valence-electron chi connectivity index (χ2n) is 5.67. The van der Waals surface area contributed by atoms with Crippen molar-refractivity contribution in [2.45, 2.75) is 25.7 Å². The van der Waals surface area contributed by atoms with Crippen molar-refractivity contribution in [1.29, 1.82) is 0 Å². The van der Waals surface area contributed by atoms with Crippen LogP contribution in [0.2, 0.25) is 0 Å². The van der Waals surface area contributed by atoms with Crippen LogP contribution in [0.3, 0.4) is 0 Å². The van der Waals surface area contributed by atoms with E-state index in [4.69, 9.17) is 0 Å². The summed E-state index contributed by atoms with van der Waals surface area (Å²) in [4.78, 5) is 14.8. The summed E-state index contributed by atoms with van der Waals surface area (Å²) in [6.07, 6.45) is 4.70. The normalized spacial score (nSPS) is 16.7. The summed E-state index contributed by atoms with van der Waals surface area (Å²) in [5.41, 5.74) is 3.15. The standard InChI is InChI=1S/C16H23N3O.2ClH/c20-16(18-9-12-19-10-1-2-11-19)14-5-3-7-15-13(14)6-4-8-17-15;;/h3,5,7,17H,1-2,4,6,8-12H2,(H,18,20);2*1H. The second-order valence-corrected chi connectivity index (χ2v) is 5.67. The van der Waals surface area contributed by atoms with Gasteiger partial charge in [-0.05, 0) is 56.5 Å². The maximum atomic E-state index is 12.3. The third-order valence-corrected chi connectivity index (χ3v) is 4.25. The molecule has 6 heteroatoms. The lowest BCUT2D eigenvalue weighted by Gasteiger charge is -2.21. The van der Waals surface area contributed by atoms with Gasteiger partial charge in [0.05, 0.1) is 0 Å². The predicted octanol–water partition coefficient (Wildman–Crippen LogP) is 2.71.